The van der Waals surface area contributed by atoms with Gasteiger partial charge in [-0.2, -0.15) is 5.26 Å². The Hall–Kier alpha value is -2.28. The van der Waals surface area contributed by atoms with Crippen LogP contribution in [0.1, 0.15) is 36.8 Å². The van der Waals surface area contributed by atoms with Gasteiger partial charge in [0.25, 0.3) is 5.91 Å². The van der Waals surface area contributed by atoms with Crippen molar-refractivity contribution in [1.82, 2.24) is 5.32 Å². The maximum absolute atomic E-state index is 12.1. The van der Waals surface area contributed by atoms with Crippen LogP contribution in [0.25, 0.3) is 0 Å². The Morgan fingerprint density at radius 3 is 2.71 bits per heavy atom. The fourth-order valence-electron chi connectivity index (χ4n) is 2.54. The smallest absolute Gasteiger partial charge is 0.263 e. The van der Waals surface area contributed by atoms with E-state index in [4.69, 9.17) is 5.26 Å². The second kappa shape index (κ2) is 6.94. The molecule has 110 valence electrons. The molecular weight excluding hydrogens is 262 g/mol. The molecule has 1 aromatic carbocycles. The molecule has 0 aliphatic heterocycles. The highest BCUT2D eigenvalue weighted by Gasteiger charge is 2.19. The molecule has 0 saturated heterocycles. The van der Waals surface area contributed by atoms with Gasteiger partial charge in [0.15, 0.2) is 0 Å². The summed E-state index contributed by atoms with van der Waals surface area (Å²) in [6, 6.07) is 8.10. The predicted molar refractivity (Wildman–Crippen MR) is 83.6 cm³/mol. The first-order valence-electron chi connectivity index (χ1n) is 7.35. The van der Waals surface area contributed by atoms with E-state index in [-0.39, 0.29) is 17.5 Å². The molecule has 1 aliphatic carbocycles. The van der Waals surface area contributed by atoms with Crippen molar-refractivity contribution < 1.29 is 4.79 Å². The molecule has 2 N–H and O–H groups in total. The van der Waals surface area contributed by atoms with Crippen molar-refractivity contribution in [1.29, 1.82) is 5.26 Å². The first kappa shape index (κ1) is 15.1. The fraction of sp³-hybridized carbons (Fsp3) is 0.412. The minimum Gasteiger partial charge on any atom is -0.360 e. The molecule has 0 spiro atoms. The van der Waals surface area contributed by atoms with Crippen LogP contribution in [0.5, 0.6) is 0 Å². The molecule has 1 fully saturated rings. The van der Waals surface area contributed by atoms with Crippen molar-refractivity contribution in [3.63, 3.8) is 0 Å². The van der Waals surface area contributed by atoms with Crippen molar-refractivity contribution in [2.45, 2.75) is 45.6 Å². The molecule has 1 aromatic rings. The quantitative estimate of drug-likeness (QED) is 0.659. The molecule has 4 nitrogen and oxygen atoms in total. The maximum atomic E-state index is 12.1. The van der Waals surface area contributed by atoms with Crippen LogP contribution in [0.4, 0.5) is 5.69 Å². The molecule has 2 rings (SSSR count). The van der Waals surface area contributed by atoms with E-state index in [2.05, 4.69) is 10.6 Å². The van der Waals surface area contributed by atoms with Crippen LogP contribution in [0, 0.1) is 25.2 Å². The van der Waals surface area contributed by atoms with Gasteiger partial charge in [0.2, 0.25) is 0 Å². The van der Waals surface area contributed by atoms with Crippen molar-refractivity contribution >= 4 is 11.6 Å². The Kier molecular flexibility index (Phi) is 4.99. The third-order valence-corrected chi connectivity index (χ3v) is 4.03. The average Bonchev–Trinajstić information content (AvgIpc) is 2.96. The summed E-state index contributed by atoms with van der Waals surface area (Å²) in [4.78, 5) is 12.1. The minimum absolute atomic E-state index is 0.114. The molecule has 0 heterocycles. The van der Waals surface area contributed by atoms with Gasteiger partial charge in [-0.25, -0.2) is 0 Å². The number of amides is 1. The predicted octanol–water partition coefficient (Wildman–Crippen LogP) is 3.18. The number of hydrogen-bond acceptors (Lipinski definition) is 3. The zero-order valence-electron chi connectivity index (χ0n) is 12.6. The van der Waals surface area contributed by atoms with E-state index >= 15 is 0 Å². The molecule has 21 heavy (non-hydrogen) atoms. The maximum Gasteiger partial charge on any atom is 0.263 e. The molecule has 1 saturated carbocycles. The molecule has 0 atom stereocenters. The number of nitrogens with one attached hydrogen (secondary N) is 2. The zero-order chi connectivity index (χ0) is 15.2. The second-order valence-corrected chi connectivity index (χ2v) is 5.52. The van der Waals surface area contributed by atoms with Gasteiger partial charge < -0.3 is 10.6 Å². The lowest BCUT2D eigenvalue weighted by Crippen LogP contribution is -2.33. The van der Waals surface area contributed by atoms with Gasteiger partial charge in [0.1, 0.15) is 11.6 Å². The topological polar surface area (TPSA) is 64.9 Å². The molecule has 0 unspecified atom stereocenters. The molecular formula is C17H21N3O. The van der Waals surface area contributed by atoms with E-state index in [1.54, 1.807) is 0 Å². The first-order valence-corrected chi connectivity index (χ1v) is 7.35. The highest BCUT2D eigenvalue weighted by molar-refractivity contribution is 5.97. The molecule has 0 aromatic heterocycles. The van der Waals surface area contributed by atoms with Crippen LogP contribution >= 0.6 is 0 Å². The van der Waals surface area contributed by atoms with Crippen molar-refractivity contribution in [2.24, 2.45) is 0 Å². The first-order chi connectivity index (χ1) is 10.1. The van der Waals surface area contributed by atoms with Crippen LogP contribution in [-0.2, 0) is 4.79 Å². The van der Waals surface area contributed by atoms with Crippen molar-refractivity contribution in [3.05, 3.63) is 41.1 Å². The summed E-state index contributed by atoms with van der Waals surface area (Å²) in [6.45, 7) is 4.04. The van der Waals surface area contributed by atoms with E-state index < -0.39 is 0 Å². The van der Waals surface area contributed by atoms with Gasteiger partial charge in [-0.05, 0) is 43.9 Å². The van der Waals surface area contributed by atoms with Crippen molar-refractivity contribution in [2.75, 3.05) is 5.32 Å². The van der Waals surface area contributed by atoms with Crippen LogP contribution < -0.4 is 10.6 Å². The molecule has 1 amide bonds. The lowest BCUT2D eigenvalue weighted by Gasteiger charge is -2.12. The monoisotopic (exact) mass is 283 g/mol. The Labute approximate surface area is 125 Å². The van der Waals surface area contributed by atoms with Crippen molar-refractivity contribution in [3.8, 4) is 6.07 Å². The van der Waals surface area contributed by atoms with Gasteiger partial charge in [-0.15, -0.1) is 0 Å². The molecule has 0 radical (unpaired) electrons. The van der Waals surface area contributed by atoms with Gasteiger partial charge in [0, 0.05) is 17.9 Å². The van der Waals surface area contributed by atoms with E-state index in [0.717, 1.165) is 36.9 Å². The molecule has 4 heteroatoms. The summed E-state index contributed by atoms with van der Waals surface area (Å²) in [7, 11) is 0. The lowest BCUT2D eigenvalue weighted by molar-refractivity contribution is -0.117. The number of rotatable bonds is 4. The number of anilines is 1. The molecule has 0 bridgehead atoms. The summed E-state index contributed by atoms with van der Waals surface area (Å²) < 4.78 is 0. The number of nitriles is 1. The van der Waals surface area contributed by atoms with E-state index in [0.29, 0.717) is 0 Å². The Morgan fingerprint density at radius 2 is 2.05 bits per heavy atom. The number of benzene rings is 1. The Morgan fingerprint density at radius 1 is 1.33 bits per heavy atom. The number of aryl methyl sites for hydroxylation is 1. The minimum atomic E-state index is -0.290. The number of carbonyl (C=O) groups is 1. The third kappa shape index (κ3) is 3.85. The third-order valence-electron chi connectivity index (χ3n) is 4.03. The summed E-state index contributed by atoms with van der Waals surface area (Å²) in [6.07, 6.45) is 5.81. The Balaban J connectivity index is 2.04. The van der Waals surface area contributed by atoms with Crippen LogP contribution in [0.3, 0.4) is 0 Å². The van der Waals surface area contributed by atoms with Gasteiger partial charge in [-0.1, -0.05) is 25.0 Å². The fourth-order valence-corrected chi connectivity index (χ4v) is 2.54. The van der Waals surface area contributed by atoms with E-state index in [1.165, 1.54) is 11.8 Å². The van der Waals surface area contributed by atoms with Crippen LogP contribution in [-0.4, -0.2) is 11.9 Å². The second-order valence-electron chi connectivity index (χ2n) is 5.52. The van der Waals surface area contributed by atoms with E-state index in [1.807, 2.05) is 38.1 Å². The number of carbonyl (C=O) groups excluding carboxylic acids is 1. The summed E-state index contributed by atoms with van der Waals surface area (Å²) in [5.41, 5.74) is 3.31. The lowest BCUT2D eigenvalue weighted by atomic mass is 10.1. The average molecular weight is 283 g/mol. The summed E-state index contributed by atoms with van der Waals surface area (Å²) in [5, 5.41) is 15.1. The normalized spacial score (nSPS) is 15.6. The van der Waals surface area contributed by atoms with Gasteiger partial charge in [0.05, 0.1) is 0 Å². The van der Waals surface area contributed by atoms with Gasteiger partial charge in [-0.3, -0.25) is 4.79 Å². The van der Waals surface area contributed by atoms with Crippen LogP contribution in [0.2, 0.25) is 0 Å². The molecule has 1 aliphatic rings. The van der Waals surface area contributed by atoms with Gasteiger partial charge >= 0.3 is 0 Å². The van der Waals surface area contributed by atoms with E-state index in [9.17, 15) is 4.79 Å². The zero-order valence-corrected chi connectivity index (χ0v) is 12.6. The summed E-state index contributed by atoms with van der Waals surface area (Å²) >= 11 is 0. The summed E-state index contributed by atoms with van der Waals surface area (Å²) in [5.74, 6) is -0.290. The number of nitrogens with zero attached hydrogens (tertiary/aromatic N) is 1. The standard InChI is InChI=1S/C17H21N3O/c1-12-6-5-9-16(13(12)2)19-11-14(10-18)17(21)20-15-7-3-4-8-15/h5-6,9,11,15,19H,3-4,7-8H2,1-2H3,(H,20,21)/b14-11-. The Bertz CT molecular complexity index is 593. The SMILES string of the molecule is Cc1cccc(N/C=C(/C#N)C(=O)NC2CCCC2)c1C. The highest BCUT2D eigenvalue weighted by Crippen LogP contribution is 2.19. The number of hydrogen-bond donors (Lipinski definition) is 2. The largest absolute Gasteiger partial charge is 0.360 e. The highest BCUT2D eigenvalue weighted by atomic mass is 16.1. The van der Waals surface area contributed by atoms with Crippen LogP contribution in [0.15, 0.2) is 30.0 Å².